The number of hydrogen-bond donors (Lipinski definition) is 2. The second-order valence-corrected chi connectivity index (χ2v) is 4.83. The lowest BCUT2D eigenvalue weighted by Gasteiger charge is -2.15. The number of aryl methyl sites for hydroxylation is 1. The smallest absolute Gasteiger partial charge is 0.120 e. The van der Waals surface area contributed by atoms with Crippen molar-refractivity contribution in [2.24, 2.45) is 0 Å². The third-order valence-electron chi connectivity index (χ3n) is 2.53. The van der Waals surface area contributed by atoms with E-state index in [1.807, 2.05) is 36.6 Å². The molecule has 0 aliphatic heterocycles. The van der Waals surface area contributed by atoms with Gasteiger partial charge in [-0.15, -0.1) is 11.3 Å². The number of methoxy groups -OCH3 is 1. The summed E-state index contributed by atoms with van der Waals surface area (Å²) in [5, 5.41) is 15.6. The van der Waals surface area contributed by atoms with E-state index in [1.165, 1.54) is 0 Å². The molecule has 96 valence electrons. The van der Waals surface area contributed by atoms with Crippen molar-refractivity contribution in [3.8, 4) is 5.75 Å². The Morgan fingerprint density at radius 1 is 1.50 bits per heavy atom. The van der Waals surface area contributed by atoms with Crippen LogP contribution in [0.1, 0.15) is 16.7 Å². The van der Waals surface area contributed by atoms with Gasteiger partial charge in [-0.25, -0.2) is 4.98 Å². The summed E-state index contributed by atoms with van der Waals surface area (Å²) in [4.78, 5) is 4.39. The molecular weight excluding hydrogens is 248 g/mol. The molecule has 0 aliphatic carbocycles. The summed E-state index contributed by atoms with van der Waals surface area (Å²) in [5.41, 5.74) is 1.88. The van der Waals surface area contributed by atoms with Crippen LogP contribution in [-0.2, 0) is 0 Å². The van der Waals surface area contributed by atoms with Crippen LogP contribution in [0.25, 0.3) is 0 Å². The Kier molecular flexibility index (Phi) is 4.17. The molecule has 1 aromatic heterocycles. The number of nitrogens with zero attached hydrogens (tertiary/aromatic N) is 1. The van der Waals surface area contributed by atoms with Gasteiger partial charge in [0.05, 0.1) is 13.7 Å². The van der Waals surface area contributed by atoms with Gasteiger partial charge in [0, 0.05) is 22.8 Å². The van der Waals surface area contributed by atoms with Crippen LogP contribution >= 0.6 is 11.3 Å². The van der Waals surface area contributed by atoms with E-state index < -0.39 is 0 Å². The topological polar surface area (TPSA) is 54.4 Å². The Labute approximate surface area is 110 Å². The van der Waals surface area contributed by atoms with E-state index in [9.17, 15) is 5.11 Å². The zero-order chi connectivity index (χ0) is 13.0. The van der Waals surface area contributed by atoms with Gasteiger partial charge in [-0.1, -0.05) is 6.07 Å². The van der Waals surface area contributed by atoms with Gasteiger partial charge in [0.2, 0.25) is 0 Å². The molecule has 0 saturated heterocycles. The number of hydrogen-bond acceptors (Lipinski definition) is 5. The van der Waals surface area contributed by atoms with E-state index in [1.54, 1.807) is 18.4 Å². The third-order valence-corrected chi connectivity index (χ3v) is 3.60. The van der Waals surface area contributed by atoms with Crippen molar-refractivity contribution in [2.45, 2.75) is 13.0 Å². The Balaban J connectivity index is 2.14. The summed E-state index contributed by atoms with van der Waals surface area (Å²) in [6.45, 7) is 1.95. The minimum absolute atomic E-state index is 0.00413. The predicted octanol–water partition coefficient (Wildman–Crippen LogP) is 2.61. The molecule has 0 spiro atoms. The molecule has 1 atom stereocenters. The molecule has 0 bridgehead atoms. The molecule has 0 radical (unpaired) electrons. The van der Waals surface area contributed by atoms with Gasteiger partial charge in [0.1, 0.15) is 16.8 Å². The first-order valence-electron chi connectivity index (χ1n) is 5.66. The number of aliphatic hydroxyl groups is 1. The van der Waals surface area contributed by atoms with Crippen molar-refractivity contribution < 1.29 is 9.84 Å². The minimum Gasteiger partial charge on any atom is -0.497 e. The molecule has 5 heteroatoms. The number of thiazole rings is 1. The fourth-order valence-electron chi connectivity index (χ4n) is 1.63. The van der Waals surface area contributed by atoms with Crippen molar-refractivity contribution in [2.75, 3.05) is 19.0 Å². The van der Waals surface area contributed by atoms with E-state index in [4.69, 9.17) is 4.74 Å². The maximum absolute atomic E-state index is 9.45. The van der Waals surface area contributed by atoms with Gasteiger partial charge in [0.15, 0.2) is 0 Å². The molecule has 0 amide bonds. The predicted molar refractivity (Wildman–Crippen MR) is 73.3 cm³/mol. The number of aromatic nitrogens is 1. The molecule has 2 N–H and O–H groups in total. The molecule has 2 aromatic rings. The summed E-state index contributed by atoms with van der Waals surface area (Å²) in [5.74, 6) is 0.784. The average Bonchev–Trinajstić information content (AvgIpc) is 2.82. The Hall–Kier alpha value is -1.59. The fraction of sp³-hybridized carbons (Fsp3) is 0.308. The highest BCUT2D eigenvalue weighted by Crippen LogP contribution is 2.24. The molecule has 0 fully saturated rings. The lowest BCUT2D eigenvalue weighted by Crippen LogP contribution is -2.14. The first-order chi connectivity index (χ1) is 8.72. The van der Waals surface area contributed by atoms with Gasteiger partial charge in [-0.05, 0) is 19.1 Å². The summed E-state index contributed by atoms with van der Waals surface area (Å²) < 4.78 is 5.16. The van der Waals surface area contributed by atoms with Crippen molar-refractivity contribution in [3.05, 3.63) is 40.3 Å². The zero-order valence-corrected chi connectivity index (χ0v) is 11.2. The highest BCUT2D eigenvalue weighted by molar-refractivity contribution is 7.09. The van der Waals surface area contributed by atoms with Gasteiger partial charge in [-0.2, -0.15) is 0 Å². The lowest BCUT2D eigenvalue weighted by atomic mass is 10.2. The van der Waals surface area contributed by atoms with Crippen LogP contribution in [0.15, 0.2) is 29.6 Å². The van der Waals surface area contributed by atoms with Crippen LogP contribution in [0.2, 0.25) is 0 Å². The Bertz CT molecular complexity index is 513. The normalized spacial score (nSPS) is 12.2. The van der Waals surface area contributed by atoms with Crippen LogP contribution in [0, 0.1) is 6.92 Å². The molecule has 1 aromatic carbocycles. The van der Waals surface area contributed by atoms with Gasteiger partial charge >= 0.3 is 0 Å². The van der Waals surface area contributed by atoms with Crippen molar-refractivity contribution in [3.63, 3.8) is 0 Å². The number of benzene rings is 1. The second kappa shape index (κ2) is 5.84. The maximum Gasteiger partial charge on any atom is 0.120 e. The number of rotatable bonds is 5. The molecule has 0 aliphatic rings. The molecule has 1 unspecified atom stereocenters. The van der Waals surface area contributed by atoms with Crippen LogP contribution in [0.3, 0.4) is 0 Å². The molecule has 4 nitrogen and oxygen atoms in total. The summed E-state index contributed by atoms with van der Waals surface area (Å²) in [7, 11) is 1.63. The van der Waals surface area contributed by atoms with Gasteiger partial charge in [0.25, 0.3) is 0 Å². The first kappa shape index (κ1) is 12.9. The zero-order valence-electron chi connectivity index (χ0n) is 10.4. The Morgan fingerprint density at radius 2 is 2.33 bits per heavy atom. The molecular formula is C13H16N2O2S. The number of ether oxygens (including phenoxy) is 1. The Morgan fingerprint density at radius 3 is 2.94 bits per heavy atom. The number of anilines is 1. The van der Waals surface area contributed by atoms with Gasteiger partial charge in [-0.3, -0.25) is 0 Å². The lowest BCUT2D eigenvalue weighted by molar-refractivity contribution is 0.276. The molecule has 18 heavy (non-hydrogen) atoms. The van der Waals surface area contributed by atoms with Crippen molar-refractivity contribution in [1.29, 1.82) is 0 Å². The molecule has 2 rings (SSSR count). The van der Waals surface area contributed by atoms with E-state index in [0.717, 1.165) is 22.1 Å². The number of aliphatic hydroxyl groups excluding tert-OH is 1. The van der Waals surface area contributed by atoms with Crippen LogP contribution in [0.4, 0.5) is 5.69 Å². The molecule has 0 saturated carbocycles. The van der Waals surface area contributed by atoms with E-state index in [0.29, 0.717) is 0 Å². The first-order valence-corrected chi connectivity index (χ1v) is 6.54. The van der Waals surface area contributed by atoms with E-state index in [2.05, 4.69) is 10.3 Å². The standard InChI is InChI=1S/C13H16N2O2S/c1-9-8-18-13(14-9)12(7-16)15-10-4-3-5-11(6-10)17-2/h3-6,8,12,15-16H,7H2,1-2H3. The highest BCUT2D eigenvalue weighted by atomic mass is 32.1. The second-order valence-electron chi connectivity index (χ2n) is 3.94. The molecule has 1 heterocycles. The summed E-state index contributed by atoms with van der Waals surface area (Å²) in [6.07, 6.45) is 0. The summed E-state index contributed by atoms with van der Waals surface area (Å²) >= 11 is 1.55. The highest BCUT2D eigenvalue weighted by Gasteiger charge is 2.13. The monoisotopic (exact) mass is 264 g/mol. The van der Waals surface area contributed by atoms with Crippen molar-refractivity contribution in [1.82, 2.24) is 4.98 Å². The third kappa shape index (κ3) is 3.00. The van der Waals surface area contributed by atoms with Gasteiger partial charge < -0.3 is 15.2 Å². The fourth-order valence-corrected chi connectivity index (χ4v) is 2.47. The summed E-state index contributed by atoms with van der Waals surface area (Å²) in [6, 6.07) is 7.43. The van der Waals surface area contributed by atoms with Crippen LogP contribution < -0.4 is 10.1 Å². The SMILES string of the molecule is COc1cccc(NC(CO)c2nc(C)cs2)c1. The largest absolute Gasteiger partial charge is 0.497 e. The van der Waals surface area contributed by atoms with E-state index in [-0.39, 0.29) is 12.6 Å². The van der Waals surface area contributed by atoms with Crippen molar-refractivity contribution >= 4 is 17.0 Å². The average molecular weight is 264 g/mol. The minimum atomic E-state index is -0.184. The maximum atomic E-state index is 9.45. The number of nitrogens with one attached hydrogen (secondary N) is 1. The quantitative estimate of drug-likeness (QED) is 0.871. The van der Waals surface area contributed by atoms with Crippen LogP contribution in [0.5, 0.6) is 5.75 Å². The van der Waals surface area contributed by atoms with E-state index >= 15 is 0 Å². The van der Waals surface area contributed by atoms with Crippen LogP contribution in [-0.4, -0.2) is 23.8 Å².